The summed E-state index contributed by atoms with van der Waals surface area (Å²) in [7, 11) is 0. The highest BCUT2D eigenvalue weighted by atomic mass is 35.5. The largest absolute Gasteiger partial charge is 0.464 e. The summed E-state index contributed by atoms with van der Waals surface area (Å²) in [6.45, 7) is 0. The van der Waals surface area contributed by atoms with Crippen LogP contribution in [-0.2, 0) is 6.42 Å². The molecule has 0 spiro atoms. The zero-order valence-corrected chi connectivity index (χ0v) is 11.7. The van der Waals surface area contributed by atoms with Crippen molar-refractivity contribution in [2.24, 2.45) is 0 Å². The van der Waals surface area contributed by atoms with E-state index in [0.717, 1.165) is 35.3 Å². The van der Waals surface area contributed by atoms with Gasteiger partial charge in [-0.15, -0.1) is 11.6 Å². The van der Waals surface area contributed by atoms with Crippen LogP contribution in [0, 0.1) is 0 Å². The van der Waals surface area contributed by atoms with Crippen LogP contribution >= 0.6 is 11.6 Å². The molecule has 4 heteroatoms. The number of fused-ring (bicyclic) bond motifs is 1. The first-order valence-corrected chi connectivity index (χ1v) is 7.14. The highest BCUT2D eigenvalue weighted by Gasteiger charge is 2.05. The third-order valence-corrected chi connectivity index (χ3v) is 3.44. The minimum absolute atomic E-state index is 0.688. The average Bonchev–Trinajstić information content (AvgIpc) is 2.95. The van der Waals surface area contributed by atoms with Crippen molar-refractivity contribution in [2.75, 3.05) is 11.2 Å². The minimum atomic E-state index is 0.688. The summed E-state index contributed by atoms with van der Waals surface area (Å²) in [5.41, 5.74) is 3.13. The molecule has 2 aromatic heterocycles. The van der Waals surface area contributed by atoms with Crippen LogP contribution in [0.2, 0.25) is 0 Å². The van der Waals surface area contributed by atoms with Gasteiger partial charge in [0.05, 0.1) is 11.6 Å². The van der Waals surface area contributed by atoms with Crippen molar-refractivity contribution >= 4 is 34.1 Å². The molecular formula is C16H15ClN2O. The molecule has 1 aromatic carbocycles. The second-order valence-corrected chi connectivity index (χ2v) is 4.99. The fraction of sp³-hybridized carbons (Fsp3) is 0.188. The number of benzene rings is 1. The van der Waals surface area contributed by atoms with E-state index in [1.807, 2.05) is 24.3 Å². The number of furan rings is 1. The van der Waals surface area contributed by atoms with Crippen LogP contribution in [0.25, 0.3) is 11.0 Å². The lowest BCUT2D eigenvalue weighted by atomic mass is 10.1. The van der Waals surface area contributed by atoms with E-state index in [2.05, 4.69) is 22.4 Å². The van der Waals surface area contributed by atoms with Gasteiger partial charge in [0.15, 0.2) is 0 Å². The zero-order valence-electron chi connectivity index (χ0n) is 11.0. The summed E-state index contributed by atoms with van der Waals surface area (Å²) >= 11 is 5.74. The van der Waals surface area contributed by atoms with Crippen LogP contribution in [-0.4, -0.2) is 10.9 Å². The highest BCUT2D eigenvalue weighted by molar-refractivity contribution is 6.17. The third kappa shape index (κ3) is 2.78. The van der Waals surface area contributed by atoms with Gasteiger partial charge < -0.3 is 9.73 Å². The summed E-state index contributed by atoms with van der Waals surface area (Å²) in [5, 5.41) is 4.33. The van der Waals surface area contributed by atoms with Crippen molar-refractivity contribution in [1.82, 2.24) is 4.98 Å². The second kappa shape index (κ2) is 5.97. The monoisotopic (exact) mass is 286 g/mol. The Labute approximate surface area is 122 Å². The lowest BCUT2D eigenvalue weighted by Gasteiger charge is -2.08. The molecule has 0 amide bonds. The third-order valence-electron chi connectivity index (χ3n) is 3.17. The Kier molecular flexibility index (Phi) is 3.88. The molecule has 0 fully saturated rings. The summed E-state index contributed by atoms with van der Waals surface area (Å²) in [4.78, 5) is 4.37. The Balaban J connectivity index is 1.85. The highest BCUT2D eigenvalue weighted by Crippen LogP contribution is 2.25. The number of hydrogen-bond donors (Lipinski definition) is 1. The van der Waals surface area contributed by atoms with E-state index in [9.17, 15) is 0 Å². The van der Waals surface area contributed by atoms with Crippen LogP contribution in [0.4, 0.5) is 11.5 Å². The summed E-state index contributed by atoms with van der Waals surface area (Å²) in [6, 6.07) is 12.1. The van der Waals surface area contributed by atoms with Gasteiger partial charge in [-0.2, -0.15) is 0 Å². The van der Waals surface area contributed by atoms with Gasteiger partial charge >= 0.3 is 0 Å². The van der Waals surface area contributed by atoms with Gasteiger partial charge in [0, 0.05) is 17.8 Å². The molecule has 0 saturated carbocycles. The molecular weight excluding hydrogens is 272 g/mol. The summed E-state index contributed by atoms with van der Waals surface area (Å²) < 4.78 is 5.38. The molecule has 0 unspecified atom stereocenters. The Bertz CT molecular complexity index is 708. The first-order valence-electron chi connectivity index (χ1n) is 6.61. The number of rotatable bonds is 5. The Morgan fingerprint density at radius 1 is 1.20 bits per heavy atom. The van der Waals surface area contributed by atoms with Gasteiger partial charge in [0.2, 0.25) is 0 Å². The molecule has 102 valence electrons. The van der Waals surface area contributed by atoms with E-state index in [4.69, 9.17) is 16.0 Å². The van der Waals surface area contributed by atoms with Gasteiger partial charge in [-0.05, 0) is 42.7 Å². The molecule has 0 atom stereocenters. The van der Waals surface area contributed by atoms with E-state index >= 15 is 0 Å². The van der Waals surface area contributed by atoms with Crippen molar-refractivity contribution in [3.05, 3.63) is 54.4 Å². The van der Waals surface area contributed by atoms with E-state index in [1.165, 1.54) is 5.56 Å². The lowest BCUT2D eigenvalue weighted by molar-refractivity contribution is 0.615. The maximum atomic E-state index is 5.74. The van der Waals surface area contributed by atoms with Crippen LogP contribution < -0.4 is 5.32 Å². The Morgan fingerprint density at radius 3 is 3.05 bits per heavy atom. The van der Waals surface area contributed by atoms with Crippen LogP contribution in [0.15, 0.2) is 53.3 Å². The number of halogens is 1. The molecule has 0 aliphatic carbocycles. The fourth-order valence-corrected chi connectivity index (χ4v) is 2.34. The van der Waals surface area contributed by atoms with Gasteiger partial charge in [-0.25, -0.2) is 4.98 Å². The molecule has 0 aliphatic heterocycles. The number of nitrogens with zero attached hydrogens (tertiary/aromatic N) is 1. The zero-order chi connectivity index (χ0) is 13.8. The van der Waals surface area contributed by atoms with Gasteiger partial charge in [-0.3, -0.25) is 0 Å². The summed E-state index contributed by atoms with van der Waals surface area (Å²) in [5.74, 6) is 1.50. The van der Waals surface area contributed by atoms with E-state index in [1.54, 1.807) is 12.5 Å². The molecule has 20 heavy (non-hydrogen) atoms. The number of hydrogen-bond acceptors (Lipinski definition) is 3. The topological polar surface area (TPSA) is 38.1 Å². The van der Waals surface area contributed by atoms with Crippen molar-refractivity contribution in [3.8, 4) is 0 Å². The van der Waals surface area contributed by atoms with Crippen molar-refractivity contribution < 1.29 is 4.42 Å². The molecule has 3 rings (SSSR count). The van der Waals surface area contributed by atoms with Gasteiger partial charge in [0.1, 0.15) is 11.4 Å². The maximum absolute atomic E-state index is 5.74. The molecule has 0 saturated heterocycles. The maximum Gasteiger partial charge on any atom is 0.141 e. The second-order valence-electron chi connectivity index (χ2n) is 4.61. The number of pyridine rings is 1. The number of anilines is 2. The molecule has 3 aromatic rings. The Hall–Kier alpha value is -2.00. The van der Waals surface area contributed by atoms with Crippen molar-refractivity contribution in [2.45, 2.75) is 12.8 Å². The minimum Gasteiger partial charge on any atom is -0.464 e. The SMILES string of the molecule is ClCCCc1cccc(Nc2nccc3occc23)c1. The predicted molar refractivity (Wildman–Crippen MR) is 82.8 cm³/mol. The van der Waals surface area contributed by atoms with Crippen molar-refractivity contribution in [1.29, 1.82) is 0 Å². The normalized spacial score (nSPS) is 10.8. The number of alkyl halides is 1. The van der Waals surface area contributed by atoms with E-state index in [-0.39, 0.29) is 0 Å². The van der Waals surface area contributed by atoms with Gasteiger partial charge in [0.25, 0.3) is 0 Å². The predicted octanol–water partition coefficient (Wildman–Crippen LogP) is 4.74. The van der Waals surface area contributed by atoms with Crippen molar-refractivity contribution in [3.63, 3.8) is 0 Å². The van der Waals surface area contributed by atoms with Crippen LogP contribution in [0.5, 0.6) is 0 Å². The Morgan fingerprint density at radius 2 is 2.15 bits per heavy atom. The first-order chi connectivity index (χ1) is 9.86. The van der Waals surface area contributed by atoms with Crippen LogP contribution in [0.1, 0.15) is 12.0 Å². The quantitative estimate of drug-likeness (QED) is 0.688. The standard InChI is InChI=1S/C16H15ClN2O/c17-8-2-4-12-3-1-5-13(11-12)19-16-14-7-10-20-15(14)6-9-18-16/h1,3,5-7,9-11H,2,4,8H2,(H,18,19). The number of aromatic nitrogens is 1. The number of nitrogens with one attached hydrogen (secondary N) is 1. The molecule has 0 radical (unpaired) electrons. The average molecular weight is 287 g/mol. The molecule has 0 bridgehead atoms. The first kappa shape index (κ1) is 13.0. The molecule has 1 N–H and O–H groups in total. The van der Waals surface area contributed by atoms with E-state index in [0.29, 0.717) is 5.88 Å². The van der Waals surface area contributed by atoms with Gasteiger partial charge in [-0.1, -0.05) is 12.1 Å². The molecule has 3 nitrogen and oxygen atoms in total. The molecule has 0 aliphatic rings. The lowest BCUT2D eigenvalue weighted by Crippen LogP contribution is -1.95. The fourth-order valence-electron chi connectivity index (χ4n) is 2.21. The van der Waals surface area contributed by atoms with Crippen LogP contribution in [0.3, 0.4) is 0 Å². The summed E-state index contributed by atoms with van der Waals surface area (Å²) in [6.07, 6.45) is 5.39. The van der Waals surface area contributed by atoms with E-state index < -0.39 is 0 Å². The number of aryl methyl sites for hydroxylation is 1. The molecule has 2 heterocycles. The smallest absolute Gasteiger partial charge is 0.141 e.